The first-order valence-corrected chi connectivity index (χ1v) is 11.7. The molecule has 0 bridgehead atoms. The van der Waals surface area contributed by atoms with E-state index in [9.17, 15) is 14.0 Å². The summed E-state index contributed by atoms with van der Waals surface area (Å²) in [7, 11) is 1.45. The van der Waals surface area contributed by atoms with Gasteiger partial charge in [0.2, 0.25) is 11.3 Å². The van der Waals surface area contributed by atoms with E-state index in [1.54, 1.807) is 29.0 Å². The Bertz CT molecular complexity index is 1230. The van der Waals surface area contributed by atoms with Crippen molar-refractivity contribution < 1.29 is 13.9 Å². The fraction of sp³-hybridized carbons (Fsp3) is 0.333. The number of piperazine rings is 1. The van der Waals surface area contributed by atoms with Crippen LogP contribution in [0.1, 0.15) is 16.8 Å². The van der Waals surface area contributed by atoms with Gasteiger partial charge in [0.25, 0.3) is 0 Å². The summed E-state index contributed by atoms with van der Waals surface area (Å²) >= 11 is 0. The fourth-order valence-corrected chi connectivity index (χ4v) is 4.48. The van der Waals surface area contributed by atoms with E-state index in [0.29, 0.717) is 6.54 Å². The maximum Gasteiger partial charge on any atom is 0.244 e. The highest BCUT2D eigenvalue weighted by molar-refractivity contribution is 5.90. The van der Waals surface area contributed by atoms with Gasteiger partial charge in [-0.05, 0) is 61.4 Å². The van der Waals surface area contributed by atoms with Gasteiger partial charge in [-0.1, -0.05) is 6.07 Å². The van der Waals surface area contributed by atoms with Gasteiger partial charge in [0.05, 0.1) is 13.3 Å². The normalized spacial score (nSPS) is 14.1. The molecule has 1 amide bonds. The first-order valence-electron chi connectivity index (χ1n) is 11.7. The third-order valence-electron chi connectivity index (χ3n) is 6.17. The van der Waals surface area contributed by atoms with Gasteiger partial charge in [-0.25, -0.2) is 4.39 Å². The highest BCUT2D eigenvalue weighted by Crippen LogP contribution is 2.19. The van der Waals surface area contributed by atoms with E-state index in [1.165, 1.54) is 19.2 Å². The van der Waals surface area contributed by atoms with Crippen LogP contribution in [0, 0.1) is 19.7 Å². The minimum absolute atomic E-state index is 0.0640. The Morgan fingerprint density at radius 2 is 1.66 bits per heavy atom. The quantitative estimate of drug-likeness (QED) is 0.562. The van der Waals surface area contributed by atoms with E-state index in [2.05, 4.69) is 21.2 Å². The lowest BCUT2D eigenvalue weighted by Crippen LogP contribution is -2.46. The Morgan fingerprint density at radius 1 is 1.00 bits per heavy atom. The number of aromatic nitrogens is 1. The zero-order valence-electron chi connectivity index (χ0n) is 20.4. The lowest BCUT2D eigenvalue weighted by atomic mass is 10.1. The summed E-state index contributed by atoms with van der Waals surface area (Å²) in [6, 6.07) is 14.0. The van der Waals surface area contributed by atoms with Gasteiger partial charge in [0.1, 0.15) is 12.4 Å². The molecule has 0 unspecified atom stereocenters. The molecule has 2 aromatic carbocycles. The molecular formula is C27H31FN4O3. The molecule has 0 radical (unpaired) electrons. The third-order valence-corrected chi connectivity index (χ3v) is 6.17. The number of hydrogen-bond acceptors (Lipinski definition) is 5. The van der Waals surface area contributed by atoms with Crippen molar-refractivity contribution >= 4 is 17.3 Å². The molecule has 0 saturated carbocycles. The second-order valence-electron chi connectivity index (χ2n) is 8.99. The Hall–Kier alpha value is -3.65. The summed E-state index contributed by atoms with van der Waals surface area (Å²) in [6.45, 7) is 7.73. The van der Waals surface area contributed by atoms with Gasteiger partial charge in [-0.2, -0.15) is 0 Å². The number of halogens is 1. The van der Waals surface area contributed by atoms with Crippen LogP contribution in [0.2, 0.25) is 0 Å². The monoisotopic (exact) mass is 478 g/mol. The average molecular weight is 479 g/mol. The van der Waals surface area contributed by atoms with E-state index in [4.69, 9.17) is 4.74 Å². The van der Waals surface area contributed by atoms with Crippen LogP contribution in [0.5, 0.6) is 5.75 Å². The number of amides is 1. The summed E-state index contributed by atoms with van der Waals surface area (Å²) in [5.74, 6) is -0.219. The third kappa shape index (κ3) is 6.27. The minimum atomic E-state index is -0.244. The number of ether oxygens (including phenoxy) is 1. The smallest absolute Gasteiger partial charge is 0.244 e. The predicted octanol–water partition coefficient (Wildman–Crippen LogP) is 3.57. The van der Waals surface area contributed by atoms with Crippen molar-refractivity contribution in [3.05, 3.63) is 87.6 Å². The standard InChI is InChI=1S/C27H31FN4O3/c1-19-12-20(2)14-22(13-19)29-27(34)18-32-17-26(35-3)25(33)15-24(32)16-30-8-10-31(11-9-30)23-6-4-21(28)5-7-23/h4-7,12-15,17H,8-11,16,18H2,1-3H3,(H,29,34). The topological polar surface area (TPSA) is 66.8 Å². The summed E-state index contributed by atoms with van der Waals surface area (Å²) in [4.78, 5) is 29.8. The molecule has 35 heavy (non-hydrogen) atoms. The molecule has 1 aliphatic heterocycles. The molecule has 0 spiro atoms. The van der Waals surface area contributed by atoms with Crippen LogP contribution in [0.3, 0.4) is 0 Å². The first kappa shape index (κ1) is 24.5. The number of methoxy groups -OCH3 is 1. The number of benzene rings is 2. The summed E-state index contributed by atoms with van der Waals surface area (Å²) in [5.41, 5.74) is 4.44. The summed E-state index contributed by atoms with van der Waals surface area (Å²) in [6.07, 6.45) is 1.60. The predicted molar refractivity (Wildman–Crippen MR) is 136 cm³/mol. The molecule has 1 saturated heterocycles. The number of anilines is 2. The lowest BCUT2D eigenvalue weighted by Gasteiger charge is -2.36. The number of hydrogen-bond donors (Lipinski definition) is 1. The van der Waals surface area contributed by atoms with Gasteiger partial charge in [-0.3, -0.25) is 14.5 Å². The highest BCUT2D eigenvalue weighted by atomic mass is 19.1. The molecule has 7 nitrogen and oxygen atoms in total. The molecule has 1 fully saturated rings. The van der Waals surface area contributed by atoms with Gasteiger partial charge in [0, 0.05) is 55.9 Å². The number of nitrogens with zero attached hydrogens (tertiary/aromatic N) is 3. The summed E-state index contributed by atoms with van der Waals surface area (Å²) < 4.78 is 20.2. The van der Waals surface area contributed by atoms with Crippen LogP contribution in [-0.4, -0.2) is 48.7 Å². The van der Waals surface area contributed by atoms with Crippen molar-refractivity contribution in [1.82, 2.24) is 9.47 Å². The van der Waals surface area contributed by atoms with E-state index in [0.717, 1.165) is 54.4 Å². The van der Waals surface area contributed by atoms with Gasteiger partial charge in [0.15, 0.2) is 5.75 Å². The molecule has 1 aliphatic rings. The second kappa shape index (κ2) is 10.7. The zero-order valence-corrected chi connectivity index (χ0v) is 20.4. The Labute approximate surface area is 204 Å². The Morgan fingerprint density at radius 3 is 2.29 bits per heavy atom. The molecule has 2 heterocycles. The van der Waals surface area contributed by atoms with E-state index in [-0.39, 0.29) is 29.4 Å². The van der Waals surface area contributed by atoms with Crippen LogP contribution in [0.4, 0.5) is 15.8 Å². The zero-order chi connectivity index (χ0) is 24.9. The van der Waals surface area contributed by atoms with E-state index in [1.807, 2.05) is 26.0 Å². The number of carbonyl (C=O) groups excluding carboxylic acids is 1. The number of aryl methyl sites for hydroxylation is 2. The van der Waals surface area contributed by atoms with Crippen molar-refractivity contribution in [2.45, 2.75) is 26.9 Å². The Kier molecular flexibility index (Phi) is 7.51. The lowest BCUT2D eigenvalue weighted by molar-refractivity contribution is -0.116. The Balaban J connectivity index is 1.45. The molecular weight excluding hydrogens is 447 g/mol. The number of rotatable bonds is 7. The van der Waals surface area contributed by atoms with Gasteiger partial charge < -0.3 is 19.5 Å². The van der Waals surface area contributed by atoms with Crippen molar-refractivity contribution in [2.24, 2.45) is 0 Å². The number of pyridine rings is 1. The molecule has 3 aromatic rings. The minimum Gasteiger partial charge on any atom is -0.491 e. The van der Waals surface area contributed by atoms with E-state index < -0.39 is 0 Å². The first-order chi connectivity index (χ1) is 16.8. The van der Waals surface area contributed by atoms with Crippen molar-refractivity contribution in [1.29, 1.82) is 0 Å². The molecule has 1 aromatic heterocycles. The molecule has 4 rings (SSSR count). The highest BCUT2D eigenvalue weighted by Gasteiger charge is 2.20. The number of carbonyl (C=O) groups is 1. The SMILES string of the molecule is COc1cn(CC(=O)Nc2cc(C)cc(C)c2)c(CN2CCN(c3ccc(F)cc3)CC2)cc1=O. The van der Waals surface area contributed by atoms with Crippen LogP contribution >= 0.6 is 0 Å². The van der Waals surface area contributed by atoms with Crippen LogP contribution in [0.15, 0.2) is 59.5 Å². The van der Waals surface area contributed by atoms with Crippen molar-refractivity contribution in [2.75, 3.05) is 43.5 Å². The molecule has 184 valence electrons. The van der Waals surface area contributed by atoms with Crippen LogP contribution < -0.4 is 20.4 Å². The van der Waals surface area contributed by atoms with Crippen molar-refractivity contribution in [3.63, 3.8) is 0 Å². The molecule has 0 atom stereocenters. The molecule has 0 aliphatic carbocycles. The fourth-order valence-electron chi connectivity index (χ4n) is 4.48. The molecule has 8 heteroatoms. The second-order valence-corrected chi connectivity index (χ2v) is 8.99. The van der Waals surface area contributed by atoms with E-state index >= 15 is 0 Å². The maximum absolute atomic E-state index is 13.2. The van der Waals surface area contributed by atoms with Crippen LogP contribution in [0.25, 0.3) is 0 Å². The van der Waals surface area contributed by atoms with Gasteiger partial charge >= 0.3 is 0 Å². The largest absolute Gasteiger partial charge is 0.491 e. The maximum atomic E-state index is 13.2. The summed E-state index contributed by atoms with van der Waals surface area (Å²) in [5, 5.41) is 2.96. The number of nitrogens with one attached hydrogen (secondary N) is 1. The average Bonchev–Trinajstić information content (AvgIpc) is 2.81. The van der Waals surface area contributed by atoms with Crippen LogP contribution in [-0.2, 0) is 17.9 Å². The molecule has 1 N–H and O–H groups in total. The van der Waals surface area contributed by atoms with Crippen molar-refractivity contribution in [3.8, 4) is 5.75 Å². The van der Waals surface area contributed by atoms with Gasteiger partial charge in [-0.15, -0.1) is 0 Å².